The number of benzene rings is 2. The van der Waals surface area contributed by atoms with E-state index in [1.54, 1.807) is 18.2 Å². The molecule has 0 saturated heterocycles. The first-order valence-electron chi connectivity index (χ1n) is 7.29. The zero-order valence-electron chi connectivity index (χ0n) is 12.3. The summed E-state index contributed by atoms with van der Waals surface area (Å²) in [5, 5.41) is 12.1. The molecule has 22 heavy (non-hydrogen) atoms. The van der Waals surface area contributed by atoms with E-state index in [0.717, 1.165) is 29.5 Å². The number of carboxylic acids is 1. The molecule has 0 radical (unpaired) electrons. The molecule has 1 aliphatic carbocycles. The fourth-order valence-corrected chi connectivity index (χ4v) is 2.95. The van der Waals surface area contributed by atoms with E-state index < -0.39 is 5.97 Å². The fourth-order valence-electron chi connectivity index (χ4n) is 2.95. The van der Waals surface area contributed by atoms with Gasteiger partial charge in [-0.3, -0.25) is 4.79 Å². The first-order valence-corrected chi connectivity index (χ1v) is 7.29. The molecular weight excluding hydrogens is 278 g/mol. The van der Waals surface area contributed by atoms with Gasteiger partial charge in [-0.25, -0.2) is 4.79 Å². The topological polar surface area (TPSA) is 66.4 Å². The van der Waals surface area contributed by atoms with Gasteiger partial charge in [-0.1, -0.05) is 24.3 Å². The average molecular weight is 295 g/mol. The van der Waals surface area contributed by atoms with Crippen molar-refractivity contribution in [1.29, 1.82) is 0 Å². The van der Waals surface area contributed by atoms with E-state index in [9.17, 15) is 9.59 Å². The molecule has 0 fully saturated rings. The van der Waals surface area contributed by atoms with Gasteiger partial charge >= 0.3 is 5.97 Å². The van der Waals surface area contributed by atoms with Crippen LogP contribution in [0.25, 0.3) is 0 Å². The molecule has 112 valence electrons. The Balaban J connectivity index is 1.84. The fraction of sp³-hybridized carbons (Fsp3) is 0.222. The van der Waals surface area contributed by atoms with Gasteiger partial charge in [0, 0.05) is 5.56 Å². The normalized spacial score (nSPS) is 16.1. The van der Waals surface area contributed by atoms with Gasteiger partial charge in [0.2, 0.25) is 0 Å². The number of aromatic carboxylic acids is 1. The van der Waals surface area contributed by atoms with Gasteiger partial charge in [0.25, 0.3) is 5.91 Å². The second-order valence-corrected chi connectivity index (χ2v) is 5.60. The number of carboxylic acid groups (broad SMARTS) is 1. The molecule has 1 amide bonds. The Morgan fingerprint density at radius 3 is 2.68 bits per heavy atom. The van der Waals surface area contributed by atoms with E-state index in [1.807, 2.05) is 31.2 Å². The molecule has 0 spiro atoms. The third kappa shape index (κ3) is 2.60. The molecule has 2 N–H and O–H groups in total. The van der Waals surface area contributed by atoms with Crippen molar-refractivity contribution in [1.82, 2.24) is 5.32 Å². The van der Waals surface area contributed by atoms with Gasteiger partial charge in [0.1, 0.15) is 0 Å². The van der Waals surface area contributed by atoms with E-state index in [0.29, 0.717) is 5.56 Å². The predicted octanol–water partition coefficient (Wildman–Crippen LogP) is 3.11. The highest BCUT2D eigenvalue weighted by Crippen LogP contribution is 2.32. The number of carbonyl (C=O) groups excluding carboxylic acids is 1. The number of rotatable bonds is 3. The van der Waals surface area contributed by atoms with E-state index in [1.165, 1.54) is 0 Å². The summed E-state index contributed by atoms with van der Waals surface area (Å²) in [5.41, 5.74) is 3.88. The zero-order chi connectivity index (χ0) is 15.7. The number of hydrogen-bond acceptors (Lipinski definition) is 2. The maximum atomic E-state index is 12.4. The van der Waals surface area contributed by atoms with Crippen molar-refractivity contribution < 1.29 is 14.7 Å². The molecule has 0 saturated carbocycles. The summed E-state index contributed by atoms with van der Waals surface area (Å²) in [6.07, 6.45) is 1.66. The number of aryl methyl sites for hydroxylation is 2. The molecule has 2 aromatic rings. The standard InChI is InChI=1S/C18H17NO3/c1-11-4-2-3-5-14(11)17(20)19-16-9-8-12-6-7-13(18(21)22)10-15(12)16/h2-7,10,16H,8-9H2,1H3,(H,19,20)(H,21,22). The molecule has 2 aromatic carbocycles. The molecule has 4 heteroatoms. The molecule has 0 aromatic heterocycles. The molecule has 0 heterocycles. The summed E-state index contributed by atoms with van der Waals surface area (Å²) in [7, 11) is 0. The van der Waals surface area contributed by atoms with Crippen LogP contribution in [0.5, 0.6) is 0 Å². The number of fused-ring (bicyclic) bond motifs is 1. The maximum Gasteiger partial charge on any atom is 0.335 e. The van der Waals surface area contributed by atoms with Crippen molar-refractivity contribution in [3.8, 4) is 0 Å². The summed E-state index contributed by atoms with van der Waals surface area (Å²) in [4.78, 5) is 23.5. The van der Waals surface area contributed by atoms with Gasteiger partial charge in [0.05, 0.1) is 11.6 Å². The largest absolute Gasteiger partial charge is 0.478 e. The minimum atomic E-state index is -0.946. The Morgan fingerprint density at radius 2 is 1.95 bits per heavy atom. The number of carbonyl (C=O) groups is 2. The second kappa shape index (κ2) is 5.64. The minimum absolute atomic E-state index is 0.114. The lowest BCUT2D eigenvalue weighted by Gasteiger charge is -2.15. The van der Waals surface area contributed by atoms with Crippen molar-refractivity contribution in [2.24, 2.45) is 0 Å². The summed E-state index contributed by atoms with van der Waals surface area (Å²) in [5.74, 6) is -1.06. The molecule has 1 atom stereocenters. The third-order valence-corrected chi connectivity index (χ3v) is 4.17. The summed E-state index contributed by atoms with van der Waals surface area (Å²) < 4.78 is 0. The van der Waals surface area contributed by atoms with Crippen LogP contribution in [0.1, 0.15) is 49.9 Å². The van der Waals surface area contributed by atoms with E-state index in [-0.39, 0.29) is 17.5 Å². The van der Waals surface area contributed by atoms with Crippen molar-refractivity contribution in [3.63, 3.8) is 0 Å². The van der Waals surface area contributed by atoms with Crippen LogP contribution in [0.3, 0.4) is 0 Å². The van der Waals surface area contributed by atoms with E-state index in [2.05, 4.69) is 5.32 Å². The van der Waals surface area contributed by atoms with Crippen LogP contribution in [-0.4, -0.2) is 17.0 Å². The predicted molar refractivity (Wildman–Crippen MR) is 83.1 cm³/mol. The maximum absolute atomic E-state index is 12.4. The summed E-state index contributed by atoms with van der Waals surface area (Å²) in [6, 6.07) is 12.5. The number of hydrogen-bond donors (Lipinski definition) is 2. The third-order valence-electron chi connectivity index (χ3n) is 4.17. The van der Waals surface area contributed by atoms with Crippen LogP contribution in [0.4, 0.5) is 0 Å². The summed E-state index contributed by atoms with van der Waals surface area (Å²) >= 11 is 0. The number of amides is 1. The van der Waals surface area contributed by atoms with Gasteiger partial charge in [-0.2, -0.15) is 0 Å². The molecule has 1 unspecified atom stereocenters. The highest BCUT2D eigenvalue weighted by Gasteiger charge is 2.25. The van der Waals surface area contributed by atoms with E-state index >= 15 is 0 Å². The van der Waals surface area contributed by atoms with Crippen LogP contribution >= 0.6 is 0 Å². The van der Waals surface area contributed by atoms with Crippen molar-refractivity contribution in [2.75, 3.05) is 0 Å². The Bertz CT molecular complexity index is 752. The van der Waals surface area contributed by atoms with Gasteiger partial charge in [-0.15, -0.1) is 0 Å². The zero-order valence-corrected chi connectivity index (χ0v) is 12.3. The van der Waals surface area contributed by atoms with Gasteiger partial charge < -0.3 is 10.4 Å². The van der Waals surface area contributed by atoms with Crippen LogP contribution in [0, 0.1) is 6.92 Å². The van der Waals surface area contributed by atoms with Crippen molar-refractivity contribution in [3.05, 3.63) is 70.3 Å². The first kappa shape index (κ1) is 14.3. The smallest absolute Gasteiger partial charge is 0.335 e. The molecular formula is C18H17NO3. The highest BCUT2D eigenvalue weighted by atomic mass is 16.4. The lowest BCUT2D eigenvalue weighted by Crippen LogP contribution is -2.27. The first-order chi connectivity index (χ1) is 10.6. The highest BCUT2D eigenvalue weighted by molar-refractivity contribution is 5.96. The van der Waals surface area contributed by atoms with Gasteiger partial charge in [0.15, 0.2) is 0 Å². The Kier molecular flexibility index (Phi) is 3.67. The number of nitrogens with one attached hydrogen (secondary N) is 1. The second-order valence-electron chi connectivity index (χ2n) is 5.60. The van der Waals surface area contributed by atoms with Gasteiger partial charge in [-0.05, 0) is 54.7 Å². The Morgan fingerprint density at radius 1 is 1.18 bits per heavy atom. The Labute approximate surface area is 128 Å². The van der Waals surface area contributed by atoms with Crippen molar-refractivity contribution in [2.45, 2.75) is 25.8 Å². The molecule has 0 aliphatic heterocycles. The lowest BCUT2D eigenvalue weighted by atomic mass is 10.0. The van der Waals surface area contributed by atoms with Crippen LogP contribution in [0.2, 0.25) is 0 Å². The molecule has 3 rings (SSSR count). The molecule has 1 aliphatic rings. The quantitative estimate of drug-likeness (QED) is 0.914. The molecule has 4 nitrogen and oxygen atoms in total. The average Bonchev–Trinajstić information content (AvgIpc) is 2.90. The van der Waals surface area contributed by atoms with E-state index in [4.69, 9.17) is 5.11 Å². The lowest BCUT2D eigenvalue weighted by molar-refractivity contribution is 0.0696. The SMILES string of the molecule is Cc1ccccc1C(=O)NC1CCc2ccc(C(=O)O)cc21. The monoisotopic (exact) mass is 295 g/mol. The minimum Gasteiger partial charge on any atom is -0.478 e. The van der Waals surface area contributed by atoms with Crippen molar-refractivity contribution >= 4 is 11.9 Å². The summed E-state index contributed by atoms with van der Waals surface area (Å²) in [6.45, 7) is 1.90. The van der Waals surface area contributed by atoms with Crippen LogP contribution in [-0.2, 0) is 6.42 Å². The molecule has 0 bridgehead atoms. The van der Waals surface area contributed by atoms with Crippen LogP contribution < -0.4 is 5.32 Å². The Hall–Kier alpha value is -2.62. The van der Waals surface area contributed by atoms with Crippen LogP contribution in [0.15, 0.2) is 42.5 Å².